The number of esters is 1. The summed E-state index contributed by atoms with van der Waals surface area (Å²) < 4.78 is 30.1. The van der Waals surface area contributed by atoms with Crippen molar-refractivity contribution in [3.8, 4) is 6.07 Å². The van der Waals surface area contributed by atoms with Gasteiger partial charge in [0.15, 0.2) is 0 Å². The average Bonchev–Trinajstić information content (AvgIpc) is 2.35. The number of carbonyl (C=O) groups is 1. The molecule has 0 unspecified atom stereocenters. The van der Waals surface area contributed by atoms with E-state index in [-0.39, 0.29) is 17.0 Å². The minimum Gasteiger partial charge on any atom is -0.465 e. The average molecular weight is 261 g/mol. The number of pyridine rings is 1. The Morgan fingerprint density at radius 1 is 1.71 bits per heavy atom. The SMILES string of the molecule is COC(=O)c1c(CCl)cnc(C#N)c1C(F)F. The lowest BCUT2D eigenvalue weighted by Gasteiger charge is -2.11. The first kappa shape index (κ1) is 13.3. The van der Waals surface area contributed by atoms with Crippen LogP contribution in [0.1, 0.15) is 33.6 Å². The monoisotopic (exact) mass is 260 g/mol. The van der Waals surface area contributed by atoms with Crippen LogP contribution in [-0.4, -0.2) is 18.1 Å². The molecule has 1 rings (SSSR count). The van der Waals surface area contributed by atoms with E-state index in [1.165, 1.54) is 6.07 Å². The van der Waals surface area contributed by atoms with Gasteiger partial charge in [0.05, 0.1) is 18.2 Å². The fourth-order valence-electron chi connectivity index (χ4n) is 1.31. The van der Waals surface area contributed by atoms with Gasteiger partial charge in [0.2, 0.25) is 0 Å². The van der Waals surface area contributed by atoms with E-state index in [1.807, 2.05) is 0 Å². The van der Waals surface area contributed by atoms with Crippen LogP contribution in [0.4, 0.5) is 8.78 Å². The van der Waals surface area contributed by atoms with E-state index in [4.69, 9.17) is 16.9 Å². The minimum atomic E-state index is -3.01. The molecular weight excluding hydrogens is 254 g/mol. The van der Waals surface area contributed by atoms with Crippen LogP contribution < -0.4 is 0 Å². The molecule has 0 aliphatic heterocycles. The molecular formula is C10H7ClF2N2O2. The van der Waals surface area contributed by atoms with E-state index < -0.39 is 23.7 Å². The van der Waals surface area contributed by atoms with Gasteiger partial charge >= 0.3 is 5.97 Å². The van der Waals surface area contributed by atoms with E-state index in [0.29, 0.717) is 0 Å². The van der Waals surface area contributed by atoms with Crippen molar-refractivity contribution in [2.75, 3.05) is 7.11 Å². The zero-order valence-corrected chi connectivity index (χ0v) is 9.46. The maximum absolute atomic E-state index is 12.8. The number of aromatic nitrogens is 1. The Morgan fingerprint density at radius 2 is 2.35 bits per heavy atom. The van der Waals surface area contributed by atoms with Crippen molar-refractivity contribution in [2.24, 2.45) is 0 Å². The lowest BCUT2D eigenvalue weighted by Crippen LogP contribution is -2.12. The maximum atomic E-state index is 12.8. The summed E-state index contributed by atoms with van der Waals surface area (Å²) >= 11 is 5.53. The van der Waals surface area contributed by atoms with Gasteiger partial charge in [0, 0.05) is 17.6 Å². The summed E-state index contributed by atoms with van der Waals surface area (Å²) in [4.78, 5) is 15.0. The minimum absolute atomic E-state index is 0.104. The Labute approximate surface area is 101 Å². The fourth-order valence-corrected chi connectivity index (χ4v) is 1.52. The number of halogens is 3. The smallest absolute Gasteiger partial charge is 0.338 e. The molecule has 0 bridgehead atoms. The summed E-state index contributed by atoms with van der Waals surface area (Å²) in [7, 11) is 1.06. The second-order valence-corrected chi connectivity index (χ2v) is 3.23. The van der Waals surface area contributed by atoms with Crippen molar-refractivity contribution in [1.82, 2.24) is 4.98 Å². The van der Waals surface area contributed by atoms with Gasteiger partial charge < -0.3 is 4.74 Å². The number of ether oxygens (including phenoxy) is 1. The van der Waals surface area contributed by atoms with Gasteiger partial charge in [-0.05, 0) is 0 Å². The molecule has 1 aromatic rings. The Hall–Kier alpha value is -1.74. The Balaban J connectivity index is 3.59. The van der Waals surface area contributed by atoms with Crippen molar-refractivity contribution in [3.05, 3.63) is 28.6 Å². The first-order chi connectivity index (χ1) is 8.06. The number of carbonyl (C=O) groups excluding carboxylic acids is 1. The van der Waals surface area contributed by atoms with Gasteiger partial charge in [-0.1, -0.05) is 0 Å². The molecule has 0 radical (unpaired) electrons. The van der Waals surface area contributed by atoms with E-state index in [1.54, 1.807) is 0 Å². The third-order valence-electron chi connectivity index (χ3n) is 2.05. The molecule has 17 heavy (non-hydrogen) atoms. The van der Waals surface area contributed by atoms with E-state index >= 15 is 0 Å². The molecule has 0 amide bonds. The molecule has 0 aliphatic rings. The van der Waals surface area contributed by atoms with Crippen molar-refractivity contribution < 1.29 is 18.3 Å². The number of rotatable bonds is 3. The number of nitrogens with zero attached hydrogens (tertiary/aromatic N) is 2. The van der Waals surface area contributed by atoms with Gasteiger partial charge in [0.25, 0.3) is 6.43 Å². The van der Waals surface area contributed by atoms with Crippen molar-refractivity contribution in [1.29, 1.82) is 5.26 Å². The molecule has 0 saturated heterocycles. The van der Waals surface area contributed by atoms with Crippen molar-refractivity contribution in [3.63, 3.8) is 0 Å². The third-order valence-corrected chi connectivity index (χ3v) is 2.34. The largest absolute Gasteiger partial charge is 0.465 e. The van der Waals surface area contributed by atoms with Crippen LogP contribution in [0.25, 0.3) is 0 Å². The molecule has 0 N–H and O–H groups in total. The molecule has 0 fully saturated rings. The Bertz CT molecular complexity index is 486. The highest BCUT2D eigenvalue weighted by Gasteiger charge is 2.26. The first-order valence-corrected chi connectivity index (χ1v) is 4.94. The molecule has 0 spiro atoms. The quantitative estimate of drug-likeness (QED) is 0.618. The number of hydrogen-bond acceptors (Lipinski definition) is 4. The van der Waals surface area contributed by atoms with Gasteiger partial charge in [0.1, 0.15) is 11.8 Å². The van der Waals surface area contributed by atoms with Crippen LogP contribution in [0.5, 0.6) is 0 Å². The fraction of sp³-hybridized carbons (Fsp3) is 0.300. The predicted octanol–water partition coefficient (Wildman–Crippen LogP) is 2.42. The Morgan fingerprint density at radius 3 is 2.76 bits per heavy atom. The van der Waals surface area contributed by atoms with Crippen molar-refractivity contribution >= 4 is 17.6 Å². The zero-order valence-electron chi connectivity index (χ0n) is 8.71. The zero-order chi connectivity index (χ0) is 13.0. The molecule has 90 valence electrons. The standard InChI is InChI=1S/C10H7ClF2N2O2/c1-17-10(16)7-5(2-11)4-15-6(3-14)8(7)9(12)13/h4,9H,2H2,1H3. The molecule has 1 heterocycles. The summed E-state index contributed by atoms with van der Waals surface area (Å²) in [5, 5.41) is 8.68. The van der Waals surface area contributed by atoms with Crippen LogP contribution in [0, 0.1) is 11.3 Å². The molecule has 0 aromatic carbocycles. The lowest BCUT2D eigenvalue weighted by molar-refractivity contribution is 0.0587. The highest BCUT2D eigenvalue weighted by molar-refractivity contribution is 6.17. The normalized spacial score (nSPS) is 10.1. The molecule has 7 heteroatoms. The highest BCUT2D eigenvalue weighted by Crippen LogP contribution is 2.29. The molecule has 0 aliphatic carbocycles. The number of nitriles is 1. The molecule has 0 saturated carbocycles. The summed E-state index contributed by atoms with van der Waals surface area (Å²) in [6.07, 6.45) is -1.89. The van der Waals surface area contributed by atoms with Crippen LogP contribution in [-0.2, 0) is 10.6 Å². The van der Waals surface area contributed by atoms with Gasteiger partial charge in [-0.2, -0.15) is 5.26 Å². The summed E-state index contributed by atoms with van der Waals surface area (Å²) in [5.41, 5.74) is -1.52. The predicted molar refractivity (Wildman–Crippen MR) is 54.8 cm³/mol. The maximum Gasteiger partial charge on any atom is 0.338 e. The second-order valence-electron chi connectivity index (χ2n) is 2.96. The second kappa shape index (κ2) is 5.55. The van der Waals surface area contributed by atoms with E-state index in [9.17, 15) is 13.6 Å². The number of hydrogen-bond donors (Lipinski definition) is 0. The van der Waals surface area contributed by atoms with Crippen LogP contribution in [0.2, 0.25) is 0 Å². The molecule has 0 atom stereocenters. The van der Waals surface area contributed by atoms with Crippen LogP contribution in [0.3, 0.4) is 0 Å². The highest BCUT2D eigenvalue weighted by atomic mass is 35.5. The Kier molecular flexibility index (Phi) is 4.35. The van der Waals surface area contributed by atoms with Crippen molar-refractivity contribution in [2.45, 2.75) is 12.3 Å². The first-order valence-electron chi connectivity index (χ1n) is 4.41. The van der Waals surface area contributed by atoms with Crippen LogP contribution >= 0.6 is 11.6 Å². The van der Waals surface area contributed by atoms with Gasteiger partial charge in [-0.3, -0.25) is 0 Å². The number of methoxy groups -OCH3 is 1. The van der Waals surface area contributed by atoms with E-state index in [2.05, 4.69) is 9.72 Å². The summed E-state index contributed by atoms with van der Waals surface area (Å²) in [6.45, 7) is 0. The third kappa shape index (κ3) is 2.50. The van der Waals surface area contributed by atoms with E-state index in [0.717, 1.165) is 13.3 Å². The topological polar surface area (TPSA) is 63.0 Å². The van der Waals surface area contributed by atoms with Gasteiger partial charge in [-0.25, -0.2) is 18.6 Å². The summed E-state index contributed by atoms with van der Waals surface area (Å²) in [6, 6.07) is 1.51. The van der Waals surface area contributed by atoms with Gasteiger partial charge in [-0.15, -0.1) is 11.6 Å². The molecule has 4 nitrogen and oxygen atoms in total. The summed E-state index contributed by atoms with van der Waals surface area (Å²) in [5.74, 6) is -1.14. The van der Waals surface area contributed by atoms with Crippen LogP contribution in [0.15, 0.2) is 6.20 Å². The molecule has 1 aromatic heterocycles. The number of alkyl halides is 3. The lowest BCUT2D eigenvalue weighted by atomic mass is 10.0.